The zero-order valence-electron chi connectivity index (χ0n) is 25.4. The van der Waals surface area contributed by atoms with Crippen molar-refractivity contribution < 1.29 is 49.0 Å². The molecule has 1 aliphatic carbocycles. The first kappa shape index (κ1) is 34.1. The van der Waals surface area contributed by atoms with Crippen molar-refractivity contribution >= 4 is 45.4 Å². The molecule has 15 heteroatoms. The van der Waals surface area contributed by atoms with Crippen molar-refractivity contribution in [3.8, 4) is 5.75 Å². The van der Waals surface area contributed by atoms with Gasteiger partial charge in [-0.05, 0) is 67.8 Å². The summed E-state index contributed by atoms with van der Waals surface area (Å²) in [5.41, 5.74) is -3.84. The minimum Gasteiger partial charge on any atom is -0.480 e. The predicted molar refractivity (Wildman–Crippen MR) is 166 cm³/mol. The van der Waals surface area contributed by atoms with Gasteiger partial charge in [0, 0.05) is 30.2 Å². The van der Waals surface area contributed by atoms with Crippen molar-refractivity contribution in [3.05, 3.63) is 87.9 Å². The minimum atomic E-state index is -4.80. The van der Waals surface area contributed by atoms with Gasteiger partial charge in [-0.25, -0.2) is 8.42 Å². The van der Waals surface area contributed by atoms with E-state index in [1.54, 1.807) is 6.92 Å². The van der Waals surface area contributed by atoms with E-state index in [-0.39, 0.29) is 59.8 Å². The summed E-state index contributed by atoms with van der Waals surface area (Å²) >= 11 is 6.09. The van der Waals surface area contributed by atoms with Gasteiger partial charge in [0.15, 0.2) is 5.60 Å². The van der Waals surface area contributed by atoms with Crippen LogP contribution in [0, 0.1) is 5.41 Å². The number of benzene rings is 3. The highest BCUT2D eigenvalue weighted by Gasteiger charge is 2.58. The van der Waals surface area contributed by atoms with Gasteiger partial charge in [0.1, 0.15) is 5.75 Å². The van der Waals surface area contributed by atoms with E-state index in [4.69, 9.17) is 21.1 Å². The van der Waals surface area contributed by atoms with Crippen molar-refractivity contribution in [2.45, 2.75) is 42.6 Å². The Kier molecular flexibility index (Phi) is 8.52. The second-order valence-electron chi connectivity index (χ2n) is 12.2. The van der Waals surface area contributed by atoms with Gasteiger partial charge in [-0.3, -0.25) is 14.0 Å². The fourth-order valence-corrected chi connectivity index (χ4v) is 8.00. The van der Waals surface area contributed by atoms with Gasteiger partial charge in [-0.15, -0.1) is 0 Å². The van der Waals surface area contributed by atoms with Gasteiger partial charge in [-0.1, -0.05) is 42.0 Å². The molecule has 2 aliphatic heterocycles. The lowest BCUT2D eigenvalue weighted by atomic mass is 9.90. The molecular formula is C33H29ClF6N2O5S. The number of anilines is 1. The van der Waals surface area contributed by atoms with Crippen LogP contribution in [0.5, 0.6) is 5.75 Å². The number of nitrogens with zero attached hydrogens (tertiary/aromatic N) is 2. The second kappa shape index (κ2) is 12.0. The summed E-state index contributed by atoms with van der Waals surface area (Å²) in [6.45, 7) is 2.55. The van der Waals surface area contributed by atoms with Gasteiger partial charge in [0.05, 0.1) is 40.3 Å². The van der Waals surface area contributed by atoms with E-state index in [1.165, 1.54) is 36.4 Å². The minimum absolute atomic E-state index is 0.000901. The number of fused-ring (bicyclic) bond motifs is 1. The lowest BCUT2D eigenvalue weighted by Gasteiger charge is -2.54. The Balaban J connectivity index is 1.35. The van der Waals surface area contributed by atoms with Crippen molar-refractivity contribution in [1.29, 1.82) is 0 Å². The summed E-state index contributed by atoms with van der Waals surface area (Å²) in [7, 11) is -4.62. The van der Waals surface area contributed by atoms with Crippen LogP contribution in [0.15, 0.2) is 65.6 Å². The number of hydrogen-bond donors (Lipinski definition) is 0. The number of sulfonamides is 1. The lowest BCUT2D eigenvalue weighted by molar-refractivity contribution is -0.153. The molecule has 0 bridgehead atoms. The molecule has 2 fully saturated rings. The van der Waals surface area contributed by atoms with Crippen LogP contribution in [0.2, 0.25) is 5.02 Å². The molecule has 1 saturated heterocycles. The van der Waals surface area contributed by atoms with Crippen molar-refractivity contribution in [2.75, 3.05) is 37.1 Å². The number of carbonyl (C=O) groups is 1. The maximum atomic E-state index is 14.1. The molecule has 3 aromatic carbocycles. The number of likely N-dealkylation sites (tertiary alicyclic amines) is 1. The van der Waals surface area contributed by atoms with Crippen LogP contribution in [0.25, 0.3) is 12.2 Å². The van der Waals surface area contributed by atoms with Crippen LogP contribution in [-0.4, -0.2) is 57.7 Å². The molecule has 3 aliphatic rings. The number of esters is 1. The number of ether oxygens (including phenoxy) is 2. The highest BCUT2D eigenvalue weighted by atomic mass is 35.5. The Morgan fingerprint density at radius 1 is 0.958 bits per heavy atom. The van der Waals surface area contributed by atoms with Crippen LogP contribution in [-0.2, 0) is 31.9 Å². The fourth-order valence-electron chi connectivity index (χ4n) is 6.17. The molecule has 0 N–H and O–H groups in total. The lowest BCUT2D eigenvalue weighted by Crippen LogP contribution is -2.71. The van der Waals surface area contributed by atoms with Crippen LogP contribution in [0.3, 0.4) is 0 Å². The van der Waals surface area contributed by atoms with Crippen molar-refractivity contribution in [2.24, 2.45) is 5.41 Å². The first-order valence-electron chi connectivity index (χ1n) is 14.9. The van der Waals surface area contributed by atoms with Crippen molar-refractivity contribution in [3.63, 3.8) is 0 Å². The number of alkyl halides is 6. The summed E-state index contributed by atoms with van der Waals surface area (Å²) in [6.07, 6.45) is -5.69. The Labute approximate surface area is 277 Å². The number of halogens is 7. The van der Waals surface area contributed by atoms with E-state index in [0.29, 0.717) is 25.5 Å². The van der Waals surface area contributed by atoms with E-state index in [9.17, 15) is 39.6 Å². The molecule has 0 aromatic heterocycles. The van der Waals surface area contributed by atoms with E-state index in [1.807, 2.05) is 4.90 Å². The monoisotopic (exact) mass is 714 g/mol. The Morgan fingerprint density at radius 2 is 1.67 bits per heavy atom. The summed E-state index contributed by atoms with van der Waals surface area (Å²) in [6, 6.07) is 11.1. The molecule has 256 valence electrons. The molecule has 48 heavy (non-hydrogen) atoms. The Hall–Kier alpha value is -3.75. The predicted octanol–water partition coefficient (Wildman–Crippen LogP) is 7.53. The Morgan fingerprint density at radius 3 is 2.31 bits per heavy atom. The molecule has 3 aromatic rings. The molecule has 2 heterocycles. The van der Waals surface area contributed by atoms with E-state index in [2.05, 4.69) is 0 Å². The van der Waals surface area contributed by atoms with E-state index < -0.39 is 49.4 Å². The molecule has 0 unspecified atom stereocenters. The first-order valence-corrected chi connectivity index (χ1v) is 16.7. The maximum Gasteiger partial charge on any atom is 0.417 e. The molecule has 1 saturated carbocycles. The molecule has 1 spiro atoms. The first-order chi connectivity index (χ1) is 22.5. The number of hydrogen-bond acceptors (Lipinski definition) is 6. The number of carbonyl (C=O) groups excluding carboxylic acids is 1. The third-order valence-electron chi connectivity index (χ3n) is 8.67. The number of rotatable bonds is 8. The highest BCUT2D eigenvalue weighted by Crippen LogP contribution is 2.50. The van der Waals surface area contributed by atoms with Crippen LogP contribution in [0.1, 0.15) is 42.0 Å². The van der Waals surface area contributed by atoms with Gasteiger partial charge >= 0.3 is 18.3 Å². The third-order valence-corrected chi connectivity index (χ3v) is 10.8. The van der Waals surface area contributed by atoms with Gasteiger partial charge < -0.3 is 9.47 Å². The van der Waals surface area contributed by atoms with E-state index >= 15 is 0 Å². The zero-order valence-corrected chi connectivity index (χ0v) is 26.9. The average Bonchev–Trinajstić information content (AvgIpc) is 3.79. The van der Waals surface area contributed by atoms with Crippen LogP contribution >= 0.6 is 11.6 Å². The smallest absolute Gasteiger partial charge is 0.417 e. The van der Waals surface area contributed by atoms with Crippen LogP contribution < -0.4 is 9.04 Å². The molecule has 6 rings (SSSR count). The molecule has 7 nitrogen and oxygen atoms in total. The fraction of sp³-hybridized carbons (Fsp3) is 0.364. The summed E-state index contributed by atoms with van der Waals surface area (Å²) in [4.78, 5) is 13.9. The highest BCUT2D eigenvalue weighted by molar-refractivity contribution is 7.92. The maximum absolute atomic E-state index is 14.1. The molecular weight excluding hydrogens is 686 g/mol. The zero-order chi connectivity index (χ0) is 34.7. The summed E-state index contributed by atoms with van der Waals surface area (Å²) in [5, 5.41) is -0.150. The van der Waals surface area contributed by atoms with Gasteiger partial charge in [-0.2, -0.15) is 26.3 Å². The van der Waals surface area contributed by atoms with Crippen LogP contribution in [0.4, 0.5) is 32.0 Å². The molecule has 0 radical (unpaired) electrons. The second-order valence-corrected chi connectivity index (χ2v) is 14.5. The normalized spacial score (nSPS) is 18.7. The quantitative estimate of drug-likeness (QED) is 0.137. The Bertz CT molecular complexity index is 1890. The van der Waals surface area contributed by atoms with Gasteiger partial charge in [0.2, 0.25) is 0 Å². The molecule has 0 atom stereocenters. The summed E-state index contributed by atoms with van der Waals surface area (Å²) < 4.78 is 122. The topological polar surface area (TPSA) is 76.2 Å². The SMILES string of the molecule is CCOC(=O)C1(CN2CC3(C2)CN(S(=O)(=O)c2cccc(C(F)(F)F)c2)c2cc(/C=C/c4c(Cl)cccc4C(F)(F)F)ccc2O3)CC1. The van der Waals surface area contributed by atoms with E-state index in [0.717, 1.165) is 34.6 Å². The van der Waals surface area contributed by atoms with Gasteiger partial charge in [0.25, 0.3) is 10.0 Å². The standard InChI is InChI=1S/C33H29ClF6N2O5S/c1-2-46-29(43)30(13-14-30)17-41-18-31(19-41)20-42(48(44,45)23-6-3-5-22(16-23)32(35,36)37)27-15-21(10-12-28(27)47-31)9-11-24-25(33(38,39)40)7-4-8-26(24)34/h3-12,15-16H,2,13-14,17-20H2,1H3/b11-9+. The largest absolute Gasteiger partial charge is 0.480 e. The average molecular weight is 715 g/mol. The van der Waals surface area contributed by atoms with Crippen molar-refractivity contribution in [1.82, 2.24) is 4.90 Å². The summed E-state index contributed by atoms with van der Waals surface area (Å²) in [5.74, 6) is -0.178. The molecule has 0 amide bonds. The third kappa shape index (κ3) is 6.49.